The molecule has 0 fully saturated rings. The fourth-order valence-corrected chi connectivity index (χ4v) is 4.23. The first-order valence-electron chi connectivity index (χ1n) is 10.8. The smallest absolute Gasteiger partial charge is 0.278 e. The summed E-state index contributed by atoms with van der Waals surface area (Å²) in [6.45, 7) is 3.97. The Balaban J connectivity index is 1.93. The van der Waals surface area contributed by atoms with Gasteiger partial charge in [-0.25, -0.2) is 0 Å². The van der Waals surface area contributed by atoms with E-state index in [0.29, 0.717) is 6.42 Å². The van der Waals surface area contributed by atoms with E-state index in [2.05, 4.69) is 23.7 Å². The standard InChI is InChI=1S/C27H27N3O3/c1-4-11-22(21-14-9-6-10-15-21)30-24(17-16-20-12-7-5-8-13-20)28(2)27(32)25-26(33-3)23(31)18-19-29(25)30/h4-10,12-19,22,24H,1,11H2,2-3H3/b17-16+. The van der Waals surface area contributed by atoms with E-state index in [-0.39, 0.29) is 28.8 Å². The van der Waals surface area contributed by atoms with Gasteiger partial charge in [0.05, 0.1) is 13.2 Å². The summed E-state index contributed by atoms with van der Waals surface area (Å²) in [5.41, 5.74) is 1.98. The summed E-state index contributed by atoms with van der Waals surface area (Å²) in [6.07, 6.45) is 7.74. The summed E-state index contributed by atoms with van der Waals surface area (Å²) in [4.78, 5) is 27.6. The molecule has 0 spiro atoms. The molecule has 0 saturated heterocycles. The van der Waals surface area contributed by atoms with Crippen molar-refractivity contribution in [2.24, 2.45) is 0 Å². The number of aromatic nitrogens is 1. The van der Waals surface area contributed by atoms with E-state index in [1.807, 2.05) is 66.8 Å². The molecule has 6 nitrogen and oxygen atoms in total. The minimum absolute atomic E-state index is 0.0373. The van der Waals surface area contributed by atoms with Crippen LogP contribution in [0.5, 0.6) is 5.75 Å². The van der Waals surface area contributed by atoms with Gasteiger partial charge >= 0.3 is 0 Å². The van der Waals surface area contributed by atoms with Gasteiger partial charge in [-0.05, 0) is 23.6 Å². The number of amides is 1. The maximum absolute atomic E-state index is 13.4. The van der Waals surface area contributed by atoms with Crippen LogP contribution in [-0.2, 0) is 0 Å². The third-order valence-corrected chi connectivity index (χ3v) is 5.83. The second-order valence-corrected chi connectivity index (χ2v) is 7.84. The van der Waals surface area contributed by atoms with E-state index in [9.17, 15) is 9.59 Å². The maximum atomic E-state index is 13.4. The molecule has 1 aliphatic heterocycles. The molecule has 6 heteroatoms. The lowest BCUT2D eigenvalue weighted by atomic mass is 10.0. The molecule has 4 rings (SSSR count). The molecular weight excluding hydrogens is 414 g/mol. The lowest BCUT2D eigenvalue weighted by Gasteiger charge is -2.47. The fraction of sp³-hybridized carbons (Fsp3) is 0.185. The third-order valence-electron chi connectivity index (χ3n) is 5.83. The highest BCUT2D eigenvalue weighted by Gasteiger charge is 2.40. The van der Waals surface area contributed by atoms with Crippen LogP contribution in [0, 0.1) is 0 Å². The highest BCUT2D eigenvalue weighted by atomic mass is 16.5. The van der Waals surface area contributed by atoms with E-state index in [4.69, 9.17) is 4.74 Å². The summed E-state index contributed by atoms with van der Waals surface area (Å²) in [5, 5.41) is 2.09. The van der Waals surface area contributed by atoms with Crippen molar-refractivity contribution >= 4 is 12.0 Å². The number of hydrogen-bond acceptors (Lipinski definition) is 4. The predicted octanol–water partition coefficient (Wildman–Crippen LogP) is 4.24. The molecule has 0 radical (unpaired) electrons. The zero-order valence-electron chi connectivity index (χ0n) is 18.8. The summed E-state index contributed by atoms with van der Waals surface area (Å²) < 4.78 is 7.13. The molecule has 2 unspecified atom stereocenters. The number of ether oxygens (including phenoxy) is 1. The van der Waals surface area contributed by atoms with Gasteiger partial charge in [0, 0.05) is 19.3 Å². The quantitative estimate of drug-likeness (QED) is 0.515. The molecule has 3 aromatic rings. The summed E-state index contributed by atoms with van der Waals surface area (Å²) in [7, 11) is 3.15. The SMILES string of the molecule is C=CCC(c1ccccc1)N1C(/C=C/c2ccccc2)N(C)C(=O)c2c(OC)c(=O)ccn21. The Bertz CT molecular complexity index is 1220. The van der Waals surface area contributed by atoms with E-state index < -0.39 is 6.17 Å². The van der Waals surface area contributed by atoms with Crippen LogP contribution in [0.3, 0.4) is 0 Å². The molecule has 0 saturated carbocycles. The van der Waals surface area contributed by atoms with Crippen molar-refractivity contribution in [3.63, 3.8) is 0 Å². The minimum Gasteiger partial charge on any atom is -0.491 e. The first-order chi connectivity index (χ1) is 16.1. The van der Waals surface area contributed by atoms with Crippen LogP contribution in [0.25, 0.3) is 6.08 Å². The first-order valence-corrected chi connectivity index (χ1v) is 10.8. The van der Waals surface area contributed by atoms with Gasteiger partial charge in [0.25, 0.3) is 5.91 Å². The Labute approximate surface area is 193 Å². The number of carbonyl (C=O) groups excluding carboxylic acids is 1. The van der Waals surface area contributed by atoms with Gasteiger partial charge in [-0.2, -0.15) is 0 Å². The molecule has 168 valence electrons. The Kier molecular flexibility index (Phi) is 6.45. The highest BCUT2D eigenvalue weighted by Crippen LogP contribution is 2.33. The number of rotatable bonds is 7. The molecule has 1 aliphatic rings. The van der Waals surface area contributed by atoms with Crippen molar-refractivity contribution in [2.45, 2.75) is 18.6 Å². The zero-order chi connectivity index (χ0) is 23.4. The molecule has 2 heterocycles. The Morgan fingerprint density at radius 2 is 1.70 bits per heavy atom. The molecule has 0 N–H and O–H groups in total. The second-order valence-electron chi connectivity index (χ2n) is 7.84. The van der Waals surface area contributed by atoms with Crippen LogP contribution in [0.4, 0.5) is 0 Å². The van der Waals surface area contributed by atoms with Crippen LogP contribution < -0.4 is 15.2 Å². The number of methoxy groups -OCH3 is 1. The average Bonchev–Trinajstić information content (AvgIpc) is 2.85. The van der Waals surface area contributed by atoms with E-state index >= 15 is 0 Å². The fourth-order valence-electron chi connectivity index (χ4n) is 4.23. The minimum atomic E-state index is -0.414. The summed E-state index contributed by atoms with van der Waals surface area (Å²) >= 11 is 0. The van der Waals surface area contributed by atoms with Crippen molar-refractivity contribution in [3.8, 4) is 5.75 Å². The molecule has 0 bridgehead atoms. The van der Waals surface area contributed by atoms with Crippen LogP contribution in [0.15, 0.2) is 96.5 Å². The van der Waals surface area contributed by atoms with Crippen LogP contribution in [0.1, 0.15) is 34.1 Å². The topological polar surface area (TPSA) is 54.8 Å². The van der Waals surface area contributed by atoms with Gasteiger partial charge in [0.15, 0.2) is 11.4 Å². The largest absolute Gasteiger partial charge is 0.491 e. The second kappa shape index (κ2) is 9.61. The summed E-state index contributed by atoms with van der Waals surface area (Å²) in [6, 6.07) is 21.3. The number of likely N-dealkylation sites (N-methyl/N-ethyl adjacent to an activating group) is 1. The van der Waals surface area contributed by atoms with Gasteiger partial charge in [-0.3, -0.25) is 19.3 Å². The number of pyridine rings is 1. The maximum Gasteiger partial charge on any atom is 0.278 e. The predicted molar refractivity (Wildman–Crippen MR) is 131 cm³/mol. The van der Waals surface area contributed by atoms with Crippen molar-refractivity contribution < 1.29 is 9.53 Å². The van der Waals surface area contributed by atoms with Gasteiger partial charge in [0.2, 0.25) is 5.43 Å². The Hall–Kier alpha value is -4.06. The van der Waals surface area contributed by atoms with E-state index in [1.54, 1.807) is 22.8 Å². The average molecular weight is 442 g/mol. The first kappa shape index (κ1) is 22.1. The van der Waals surface area contributed by atoms with Crippen LogP contribution in [-0.4, -0.2) is 35.8 Å². The monoisotopic (exact) mass is 441 g/mol. The van der Waals surface area contributed by atoms with Gasteiger partial charge in [-0.1, -0.05) is 72.8 Å². The van der Waals surface area contributed by atoms with Crippen LogP contribution in [0.2, 0.25) is 0 Å². The van der Waals surface area contributed by atoms with Crippen LogP contribution >= 0.6 is 0 Å². The molecule has 2 atom stereocenters. The molecule has 33 heavy (non-hydrogen) atoms. The van der Waals surface area contributed by atoms with Crippen molar-refractivity contribution in [2.75, 3.05) is 19.2 Å². The Morgan fingerprint density at radius 3 is 2.33 bits per heavy atom. The molecule has 1 aromatic heterocycles. The Morgan fingerprint density at radius 1 is 1.03 bits per heavy atom. The lowest BCUT2D eigenvalue weighted by molar-refractivity contribution is 0.0661. The van der Waals surface area contributed by atoms with Crippen molar-refractivity contribution in [1.29, 1.82) is 0 Å². The van der Waals surface area contributed by atoms with Crippen molar-refractivity contribution in [1.82, 2.24) is 9.58 Å². The summed E-state index contributed by atoms with van der Waals surface area (Å²) in [5.74, 6) is -0.246. The number of benzene rings is 2. The number of fused-ring (bicyclic) bond motifs is 1. The normalized spacial score (nSPS) is 16.5. The molecule has 1 amide bonds. The third kappa shape index (κ3) is 4.20. The van der Waals surface area contributed by atoms with Gasteiger partial charge in [-0.15, -0.1) is 6.58 Å². The molecule has 0 aliphatic carbocycles. The highest BCUT2D eigenvalue weighted by molar-refractivity contribution is 5.96. The number of carbonyl (C=O) groups is 1. The zero-order valence-corrected chi connectivity index (χ0v) is 18.8. The number of nitrogens with zero attached hydrogens (tertiary/aromatic N) is 3. The molecular formula is C27H27N3O3. The molecule has 2 aromatic carbocycles. The van der Waals surface area contributed by atoms with E-state index in [1.165, 1.54) is 13.2 Å². The van der Waals surface area contributed by atoms with Gasteiger partial charge < -0.3 is 9.64 Å². The van der Waals surface area contributed by atoms with Crippen molar-refractivity contribution in [3.05, 3.63) is 119 Å². The number of hydrogen-bond donors (Lipinski definition) is 0. The van der Waals surface area contributed by atoms with E-state index in [0.717, 1.165) is 11.1 Å². The lowest BCUT2D eigenvalue weighted by Crippen LogP contribution is -2.60. The van der Waals surface area contributed by atoms with Gasteiger partial charge in [0.1, 0.15) is 6.17 Å².